The molecule has 1 aromatic heterocycles. The van der Waals surface area contributed by atoms with Crippen molar-refractivity contribution < 1.29 is 19.0 Å². The first-order valence-electron chi connectivity index (χ1n) is 9.96. The zero-order valence-corrected chi connectivity index (χ0v) is 17.6. The maximum Gasteiger partial charge on any atom is 0.233 e. The molecule has 1 fully saturated rings. The van der Waals surface area contributed by atoms with Crippen LogP contribution in [-0.4, -0.2) is 70.8 Å². The van der Waals surface area contributed by atoms with E-state index in [4.69, 9.17) is 14.2 Å². The molecule has 9 heteroatoms. The van der Waals surface area contributed by atoms with Crippen molar-refractivity contribution in [1.29, 1.82) is 0 Å². The number of carbonyl (C=O) groups is 1. The second kappa shape index (κ2) is 9.04. The second-order valence-corrected chi connectivity index (χ2v) is 8.21. The van der Waals surface area contributed by atoms with Crippen molar-refractivity contribution in [2.75, 3.05) is 45.3 Å². The Hall–Kier alpha value is -2.26. The summed E-state index contributed by atoms with van der Waals surface area (Å²) in [5.74, 6) is 2.69. The van der Waals surface area contributed by atoms with Gasteiger partial charge >= 0.3 is 0 Å². The smallest absolute Gasteiger partial charge is 0.233 e. The van der Waals surface area contributed by atoms with Crippen LogP contribution in [-0.2, 0) is 9.53 Å². The van der Waals surface area contributed by atoms with Gasteiger partial charge in [-0.05, 0) is 32.0 Å². The van der Waals surface area contributed by atoms with Crippen LogP contribution in [0.15, 0.2) is 23.4 Å². The van der Waals surface area contributed by atoms with E-state index in [1.807, 2.05) is 23.1 Å². The summed E-state index contributed by atoms with van der Waals surface area (Å²) >= 11 is 1.43. The molecule has 1 amide bonds. The summed E-state index contributed by atoms with van der Waals surface area (Å²) in [7, 11) is 0. The molecule has 4 rings (SSSR count). The zero-order chi connectivity index (χ0) is 20.2. The van der Waals surface area contributed by atoms with Crippen LogP contribution in [0.2, 0.25) is 0 Å². The maximum absolute atomic E-state index is 12.5. The van der Waals surface area contributed by atoms with Crippen LogP contribution in [0.5, 0.6) is 11.5 Å². The number of morpholine rings is 1. The molecule has 3 heterocycles. The van der Waals surface area contributed by atoms with E-state index in [2.05, 4.69) is 28.6 Å². The molecule has 0 unspecified atom stereocenters. The van der Waals surface area contributed by atoms with E-state index < -0.39 is 0 Å². The first-order valence-corrected chi connectivity index (χ1v) is 11.0. The summed E-state index contributed by atoms with van der Waals surface area (Å²) in [6.07, 6.45) is 0.865. The normalized spacial score (nSPS) is 16.7. The highest BCUT2D eigenvalue weighted by Gasteiger charge is 2.22. The van der Waals surface area contributed by atoms with Gasteiger partial charge in [0.2, 0.25) is 5.91 Å². The Morgan fingerprint density at radius 3 is 2.62 bits per heavy atom. The molecule has 1 aromatic carbocycles. The Kier molecular flexibility index (Phi) is 6.25. The zero-order valence-electron chi connectivity index (χ0n) is 16.8. The lowest BCUT2D eigenvalue weighted by Crippen LogP contribution is -2.41. The lowest BCUT2D eigenvalue weighted by Gasteiger charge is -2.26. The second-order valence-electron chi connectivity index (χ2n) is 7.26. The van der Waals surface area contributed by atoms with E-state index in [-0.39, 0.29) is 11.9 Å². The van der Waals surface area contributed by atoms with Gasteiger partial charge in [0, 0.05) is 31.1 Å². The number of rotatable bonds is 5. The molecule has 0 aliphatic carbocycles. The molecule has 2 aliphatic heterocycles. The van der Waals surface area contributed by atoms with Crippen LogP contribution in [0.1, 0.15) is 26.3 Å². The molecule has 1 saturated heterocycles. The number of benzene rings is 1. The average molecular weight is 419 g/mol. The SMILES string of the molecule is CC(C)n1c(SCC(=O)N2CCOCC2)nnc1-c1ccc2c(c1)OCCCO2. The topological polar surface area (TPSA) is 78.7 Å². The molecule has 0 saturated carbocycles. The minimum absolute atomic E-state index is 0.105. The van der Waals surface area contributed by atoms with E-state index in [0.717, 1.165) is 34.5 Å². The fourth-order valence-electron chi connectivity index (χ4n) is 3.37. The molecule has 0 spiro atoms. The third-order valence-electron chi connectivity index (χ3n) is 4.88. The van der Waals surface area contributed by atoms with Crippen molar-refractivity contribution in [3.05, 3.63) is 18.2 Å². The van der Waals surface area contributed by atoms with E-state index >= 15 is 0 Å². The summed E-state index contributed by atoms with van der Waals surface area (Å²) in [5, 5.41) is 9.53. The predicted octanol–water partition coefficient (Wildman–Crippen LogP) is 2.64. The largest absolute Gasteiger partial charge is 0.490 e. The van der Waals surface area contributed by atoms with Crippen molar-refractivity contribution in [2.45, 2.75) is 31.5 Å². The third kappa shape index (κ3) is 4.51. The molecule has 29 heavy (non-hydrogen) atoms. The van der Waals surface area contributed by atoms with E-state index in [9.17, 15) is 4.79 Å². The fraction of sp³-hybridized carbons (Fsp3) is 0.550. The van der Waals surface area contributed by atoms with Crippen molar-refractivity contribution in [1.82, 2.24) is 19.7 Å². The van der Waals surface area contributed by atoms with Crippen LogP contribution < -0.4 is 9.47 Å². The van der Waals surface area contributed by atoms with Gasteiger partial charge in [0.1, 0.15) is 0 Å². The molecular formula is C20H26N4O4S. The third-order valence-corrected chi connectivity index (χ3v) is 5.80. The monoisotopic (exact) mass is 418 g/mol. The van der Waals surface area contributed by atoms with E-state index in [1.165, 1.54) is 11.8 Å². The summed E-state index contributed by atoms with van der Waals surface area (Å²) in [6, 6.07) is 6.00. The molecule has 2 aromatic rings. The number of thioether (sulfide) groups is 1. The Labute approximate surface area is 174 Å². The van der Waals surface area contributed by atoms with Crippen molar-refractivity contribution in [2.24, 2.45) is 0 Å². The number of ether oxygens (including phenoxy) is 3. The van der Waals surface area contributed by atoms with Gasteiger partial charge in [-0.3, -0.25) is 9.36 Å². The number of aromatic nitrogens is 3. The lowest BCUT2D eigenvalue weighted by molar-refractivity contribution is -0.132. The average Bonchev–Trinajstić information content (AvgIpc) is 3.03. The first-order chi connectivity index (χ1) is 14.1. The summed E-state index contributed by atoms with van der Waals surface area (Å²) in [5.41, 5.74) is 0.918. The molecule has 156 valence electrons. The molecule has 2 aliphatic rings. The van der Waals surface area contributed by atoms with E-state index in [0.29, 0.717) is 45.3 Å². The van der Waals surface area contributed by atoms with Crippen molar-refractivity contribution >= 4 is 17.7 Å². The quantitative estimate of drug-likeness (QED) is 0.691. The molecular weight excluding hydrogens is 392 g/mol. The van der Waals surface area contributed by atoms with Crippen molar-refractivity contribution in [3.63, 3.8) is 0 Å². The first kappa shape index (κ1) is 20.0. The highest BCUT2D eigenvalue weighted by Crippen LogP contribution is 2.35. The Bertz CT molecular complexity index is 864. The Morgan fingerprint density at radius 2 is 1.86 bits per heavy atom. The van der Waals surface area contributed by atoms with Gasteiger partial charge in [0.25, 0.3) is 0 Å². The van der Waals surface area contributed by atoms with Crippen LogP contribution in [0.4, 0.5) is 0 Å². The summed E-state index contributed by atoms with van der Waals surface area (Å²) < 4.78 is 18.9. The number of fused-ring (bicyclic) bond motifs is 1. The van der Waals surface area contributed by atoms with Crippen LogP contribution in [0.3, 0.4) is 0 Å². The Balaban J connectivity index is 1.54. The number of nitrogens with zero attached hydrogens (tertiary/aromatic N) is 4. The summed E-state index contributed by atoms with van der Waals surface area (Å²) in [6.45, 7) is 7.98. The van der Waals surface area contributed by atoms with Gasteiger partial charge in [0.15, 0.2) is 22.5 Å². The number of carbonyl (C=O) groups excluding carboxylic acids is 1. The van der Waals surface area contributed by atoms with E-state index in [1.54, 1.807) is 0 Å². The minimum atomic E-state index is 0.105. The standard InChI is InChI=1S/C20H26N4O4S/c1-14(2)24-19(15-4-5-16-17(12-15)28-9-3-8-27-16)21-22-20(24)29-13-18(25)23-6-10-26-11-7-23/h4-5,12,14H,3,6-11,13H2,1-2H3. The summed E-state index contributed by atoms with van der Waals surface area (Å²) in [4.78, 5) is 14.3. The van der Waals surface area contributed by atoms with Gasteiger partial charge in [-0.1, -0.05) is 11.8 Å². The van der Waals surface area contributed by atoms with Gasteiger partial charge in [-0.2, -0.15) is 0 Å². The van der Waals surface area contributed by atoms with Crippen LogP contribution in [0, 0.1) is 0 Å². The predicted molar refractivity (Wildman–Crippen MR) is 110 cm³/mol. The van der Waals surface area contributed by atoms with Gasteiger partial charge in [-0.15, -0.1) is 10.2 Å². The highest BCUT2D eigenvalue weighted by atomic mass is 32.2. The highest BCUT2D eigenvalue weighted by molar-refractivity contribution is 7.99. The number of hydrogen-bond donors (Lipinski definition) is 0. The maximum atomic E-state index is 12.5. The van der Waals surface area contributed by atoms with Crippen LogP contribution in [0.25, 0.3) is 11.4 Å². The Morgan fingerprint density at radius 1 is 1.10 bits per heavy atom. The molecule has 0 N–H and O–H groups in total. The fourth-order valence-corrected chi connectivity index (χ4v) is 4.34. The van der Waals surface area contributed by atoms with Crippen molar-refractivity contribution in [3.8, 4) is 22.9 Å². The minimum Gasteiger partial charge on any atom is -0.490 e. The molecule has 0 radical (unpaired) electrons. The van der Waals surface area contributed by atoms with Crippen LogP contribution >= 0.6 is 11.8 Å². The molecule has 0 atom stereocenters. The number of hydrogen-bond acceptors (Lipinski definition) is 7. The molecule has 8 nitrogen and oxygen atoms in total. The van der Waals surface area contributed by atoms with Gasteiger partial charge in [-0.25, -0.2) is 0 Å². The number of amides is 1. The van der Waals surface area contributed by atoms with Gasteiger partial charge < -0.3 is 19.1 Å². The van der Waals surface area contributed by atoms with Gasteiger partial charge in [0.05, 0.1) is 32.2 Å². The lowest BCUT2D eigenvalue weighted by atomic mass is 10.2. The molecule has 0 bridgehead atoms.